The summed E-state index contributed by atoms with van der Waals surface area (Å²) in [4.78, 5) is 11.1. The molecule has 0 rings (SSSR count). The largest absolute Gasteiger partial charge is 0.500 e. The Bertz CT molecular complexity index is 255. The van der Waals surface area contributed by atoms with Crippen molar-refractivity contribution in [1.29, 1.82) is 0 Å². The molecule has 0 aliphatic rings. The summed E-state index contributed by atoms with van der Waals surface area (Å²) in [5, 5.41) is 0. The number of ether oxygens (including phenoxy) is 1. The van der Waals surface area contributed by atoms with Crippen molar-refractivity contribution in [3.8, 4) is 0 Å². The second-order valence-electron chi connectivity index (χ2n) is 3.92. The van der Waals surface area contributed by atoms with Crippen molar-refractivity contribution < 1.29 is 22.8 Å². The van der Waals surface area contributed by atoms with Crippen molar-refractivity contribution >= 4 is 14.8 Å². The van der Waals surface area contributed by atoms with E-state index < -0.39 is 8.80 Å². The van der Waals surface area contributed by atoms with Crippen molar-refractivity contribution in [2.45, 2.75) is 32.7 Å². The van der Waals surface area contributed by atoms with E-state index in [2.05, 4.69) is 6.58 Å². The molecule has 18 heavy (non-hydrogen) atoms. The molecule has 0 aromatic heterocycles. The smallest absolute Gasteiger partial charge is 0.462 e. The summed E-state index contributed by atoms with van der Waals surface area (Å²) in [6, 6.07) is 0.741. The maximum absolute atomic E-state index is 11.1. The third-order valence-electron chi connectivity index (χ3n) is 2.50. The highest BCUT2D eigenvalue weighted by molar-refractivity contribution is 6.60. The summed E-state index contributed by atoms with van der Waals surface area (Å²) in [7, 11) is 0.771. The van der Waals surface area contributed by atoms with Gasteiger partial charge in [0.05, 0.1) is 6.61 Å². The molecule has 0 saturated heterocycles. The maximum atomic E-state index is 11.1. The van der Waals surface area contributed by atoms with Gasteiger partial charge in [0.2, 0.25) is 0 Å². The van der Waals surface area contributed by atoms with Crippen molar-refractivity contribution in [3.63, 3.8) is 0 Å². The quantitative estimate of drug-likeness (QED) is 0.265. The zero-order chi connectivity index (χ0) is 14.0. The number of hydrogen-bond donors (Lipinski definition) is 0. The zero-order valence-electron chi connectivity index (χ0n) is 11.8. The topological polar surface area (TPSA) is 54.0 Å². The van der Waals surface area contributed by atoms with E-state index >= 15 is 0 Å². The molecule has 0 bridgehead atoms. The number of rotatable bonds is 10. The van der Waals surface area contributed by atoms with E-state index in [0.29, 0.717) is 18.8 Å². The second kappa shape index (κ2) is 9.27. The molecule has 0 aromatic rings. The summed E-state index contributed by atoms with van der Waals surface area (Å²) >= 11 is 0. The van der Waals surface area contributed by atoms with Crippen molar-refractivity contribution in [2.24, 2.45) is 0 Å². The molecule has 0 aromatic carbocycles. The van der Waals surface area contributed by atoms with Gasteiger partial charge >= 0.3 is 14.8 Å². The summed E-state index contributed by atoms with van der Waals surface area (Å²) in [6.45, 7) is 8.05. The minimum Gasteiger partial charge on any atom is -0.462 e. The molecule has 0 fully saturated rings. The predicted octanol–water partition coefficient (Wildman–Crippen LogP) is 2.15. The molecular formula is C12H24O5Si. The van der Waals surface area contributed by atoms with E-state index in [-0.39, 0.29) is 5.97 Å². The molecule has 0 atom stereocenters. The molecule has 0 aliphatic heterocycles. The van der Waals surface area contributed by atoms with Crippen LogP contribution in [0.25, 0.3) is 0 Å². The summed E-state index contributed by atoms with van der Waals surface area (Å²) in [5.41, 5.74) is 0.419. The molecule has 0 unspecified atom stereocenters. The van der Waals surface area contributed by atoms with Crippen molar-refractivity contribution in [3.05, 3.63) is 12.2 Å². The summed E-state index contributed by atoms with van der Waals surface area (Å²) in [6.07, 6.45) is 1.55. The van der Waals surface area contributed by atoms with E-state index in [1.807, 2.05) is 6.92 Å². The van der Waals surface area contributed by atoms with Crippen LogP contribution in [0.3, 0.4) is 0 Å². The number of carbonyl (C=O) groups excluding carboxylic acids is 1. The lowest BCUT2D eigenvalue weighted by atomic mass is 10.3. The van der Waals surface area contributed by atoms with Crippen LogP contribution in [0, 0.1) is 0 Å². The normalized spacial score (nSPS) is 11.3. The zero-order valence-corrected chi connectivity index (χ0v) is 12.8. The van der Waals surface area contributed by atoms with Crippen LogP contribution in [0.2, 0.25) is 6.04 Å². The van der Waals surface area contributed by atoms with Gasteiger partial charge in [0, 0.05) is 32.4 Å². The van der Waals surface area contributed by atoms with E-state index in [1.165, 1.54) is 0 Å². The Morgan fingerprint density at radius 1 is 1.17 bits per heavy atom. The number of carbonyl (C=O) groups is 1. The van der Waals surface area contributed by atoms with Gasteiger partial charge in [-0.25, -0.2) is 4.79 Å². The highest BCUT2D eigenvalue weighted by atomic mass is 28.4. The first kappa shape index (κ1) is 17.3. The van der Waals surface area contributed by atoms with E-state index in [0.717, 1.165) is 18.9 Å². The Labute approximate surface area is 110 Å². The van der Waals surface area contributed by atoms with E-state index in [4.69, 9.17) is 18.0 Å². The lowest BCUT2D eigenvalue weighted by Crippen LogP contribution is -2.43. The molecule has 6 heteroatoms. The van der Waals surface area contributed by atoms with Crippen LogP contribution in [-0.2, 0) is 22.8 Å². The van der Waals surface area contributed by atoms with Gasteiger partial charge in [-0.05, 0) is 19.8 Å². The van der Waals surface area contributed by atoms with Crippen LogP contribution in [0.1, 0.15) is 26.7 Å². The van der Waals surface area contributed by atoms with Gasteiger partial charge in [0.15, 0.2) is 0 Å². The number of hydrogen-bond acceptors (Lipinski definition) is 5. The van der Waals surface area contributed by atoms with E-state index in [9.17, 15) is 4.79 Å². The first-order chi connectivity index (χ1) is 8.51. The minimum atomic E-state index is -2.44. The Hall–Kier alpha value is -0.693. The van der Waals surface area contributed by atoms with Crippen LogP contribution in [0.5, 0.6) is 0 Å². The Morgan fingerprint density at radius 3 is 2.17 bits per heavy atom. The average Bonchev–Trinajstić information content (AvgIpc) is 2.38. The molecule has 0 heterocycles. The minimum absolute atomic E-state index is 0.345. The lowest BCUT2D eigenvalue weighted by molar-refractivity contribution is -0.139. The van der Waals surface area contributed by atoms with Crippen LogP contribution in [0.15, 0.2) is 12.2 Å². The van der Waals surface area contributed by atoms with Gasteiger partial charge in [-0.2, -0.15) is 0 Å². The molecular weight excluding hydrogens is 252 g/mol. The summed E-state index contributed by atoms with van der Waals surface area (Å²) in [5.74, 6) is -0.345. The van der Waals surface area contributed by atoms with Gasteiger partial charge in [0.25, 0.3) is 0 Å². The number of unbranched alkanes of at least 4 members (excludes halogenated alkanes) is 1. The highest BCUT2D eigenvalue weighted by Gasteiger charge is 2.36. The van der Waals surface area contributed by atoms with Crippen LogP contribution in [-0.4, -0.2) is 42.2 Å². The van der Waals surface area contributed by atoms with Crippen molar-refractivity contribution in [2.75, 3.05) is 27.4 Å². The average molecular weight is 276 g/mol. The summed E-state index contributed by atoms with van der Waals surface area (Å²) < 4.78 is 21.3. The first-order valence-corrected chi connectivity index (χ1v) is 8.01. The molecule has 5 nitrogen and oxygen atoms in total. The molecule has 0 radical (unpaired) electrons. The number of esters is 1. The lowest BCUT2D eigenvalue weighted by Gasteiger charge is -2.24. The molecule has 0 spiro atoms. The maximum Gasteiger partial charge on any atom is 0.500 e. The fourth-order valence-corrected chi connectivity index (χ4v) is 2.95. The third-order valence-corrected chi connectivity index (χ3v) is 5.25. The third kappa shape index (κ3) is 6.30. The molecule has 106 valence electrons. The Kier molecular flexibility index (Phi) is 8.91. The van der Waals surface area contributed by atoms with Crippen LogP contribution < -0.4 is 0 Å². The van der Waals surface area contributed by atoms with Crippen LogP contribution >= 0.6 is 0 Å². The van der Waals surface area contributed by atoms with Gasteiger partial charge in [-0.3, -0.25) is 0 Å². The molecule has 0 N–H and O–H groups in total. The fraction of sp³-hybridized carbons (Fsp3) is 0.750. The van der Waals surface area contributed by atoms with Crippen molar-refractivity contribution in [1.82, 2.24) is 0 Å². The SMILES string of the molecule is C=C(C)C(=O)OCCCCO[Si](CC)(OC)OC. The molecule has 0 aliphatic carbocycles. The fourth-order valence-electron chi connectivity index (χ4n) is 1.31. The molecule has 0 amide bonds. The highest BCUT2D eigenvalue weighted by Crippen LogP contribution is 2.13. The first-order valence-electron chi connectivity index (χ1n) is 6.08. The van der Waals surface area contributed by atoms with Gasteiger partial charge < -0.3 is 18.0 Å². The Balaban J connectivity index is 3.67. The van der Waals surface area contributed by atoms with Gasteiger partial charge in [0.1, 0.15) is 0 Å². The van der Waals surface area contributed by atoms with Gasteiger partial charge in [-0.1, -0.05) is 13.5 Å². The molecule has 0 saturated carbocycles. The Morgan fingerprint density at radius 2 is 1.72 bits per heavy atom. The predicted molar refractivity (Wildman–Crippen MR) is 71.2 cm³/mol. The van der Waals surface area contributed by atoms with Crippen LogP contribution in [0.4, 0.5) is 0 Å². The monoisotopic (exact) mass is 276 g/mol. The second-order valence-corrected chi connectivity index (χ2v) is 7.09. The standard InChI is InChI=1S/C12H24O5Si/c1-6-18(14-4,15-5)17-10-8-7-9-16-12(13)11(2)3/h2,6-10H2,1,3-5H3. The van der Waals surface area contributed by atoms with E-state index in [1.54, 1.807) is 21.1 Å². The van der Waals surface area contributed by atoms with Gasteiger partial charge in [-0.15, -0.1) is 0 Å².